The van der Waals surface area contributed by atoms with Crippen LogP contribution in [-0.2, 0) is 6.54 Å². The molecule has 1 N–H and O–H groups in total. The van der Waals surface area contributed by atoms with Crippen molar-refractivity contribution in [2.75, 3.05) is 31.5 Å². The molecule has 3 aromatic rings. The first-order valence-corrected chi connectivity index (χ1v) is 9.98. The van der Waals surface area contributed by atoms with Gasteiger partial charge < -0.3 is 5.32 Å². The Labute approximate surface area is 161 Å². The summed E-state index contributed by atoms with van der Waals surface area (Å²) in [5.74, 6) is 0.899. The van der Waals surface area contributed by atoms with Crippen molar-refractivity contribution in [2.45, 2.75) is 19.0 Å². The van der Waals surface area contributed by atoms with Crippen molar-refractivity contribution in [3.8, 4) is 0 Å². The van der Waals surface area contributed by atoms with Crippen LogP contribution >= 0.6 is 23.6 Å². The number of aromatic nitrogens is 3. The lowest BCUT2D eigenvalue weighted by Crippen LogP contribution is -2.29. The molecule has 0 aromatic carbocycles. The van der Waals surface area contributed by atoms with Crippen LogP contribution in [0.1, 0.15) is 11.3 Å². The van der Waals surface area contributed by atoms with E-state index in [9.17, 15) is 0 Å². The fourth-order valence-corrected chi connectivity index (χ4v) is 4.13. The molecule has 4 rings (SSSR count). The first kappa shape index (κ1) is 17.3. The summed E-state index contributed by atoms with van der Waals surface area (Å²) in [7, 11) is 0. The van der Waals surface area contributed by atoms with Crippen molar-refractivity contribution in [2.24, 2.45) is 4.99 Å². The SMILES string of the molecule is S=C=NCCN1CCC(Nc2nc3cccnc3n2Cc2cccs2)C1. The number of thiocarbonyl (C=S) groups is 1. The number of isothiocyanates is 1. The molecule has 4 heterocycles. The minimum Gasteiger partial charge on any atom is -0.352 e. The standard InChI is InChI=1S/C18H20N6S2/c25-13-19-7-9-23-8-5-14(11-23)21-18-22-16-4-1-6-20-17(16)24(18)12-15-3-2-10-26-15/h1-4,6,10,14H,5,7-9,11-12H2,(H,21,22). The maximum atomic E-state index is 4.79. The fraction of sp³-hybridized carbons (Fsp3) is 0.389. The average molecular weight is 385 g/mol. The number of likely N-dealkylation sites (tertiary alicyclic amines) is 1. The number of nitrogens with zero attached hydrogens (tertiary/aromatic N) is 5. The number of fused-ring (bicyclic) bond motifs is 1. The van der Waals surface area contributed by atoms with E-state index in [2.05, 4.69) is 59.7 Å². The highest BCUT2D eigenvalue weighted by molar-refractivity contribution is 7.78. The Morgan fingerprint density at radius 2 is 2.35 bits per heavy atom. The maximum Gasteiger partial charge on any atom is 0.205 e. The zero-order valence-electron chi connectivity index (χ0n) is 14.3. The number of hydrogen-bond acceptors (Lipinski definition) is 7. The van der Waals surface area contributed by atoms with Gasteiger partial charge in [0.25, 0.3) is 0 Å². The molecule has 3 aromatic heterocycles. The van der Waals surface area contributed by atoms with Gasteiger partial charge in [-0.3, -0.25) is 9.47 Å². The second-order valence-corrected chi connectivity index (χ2v) is 7.57. The third-order valence-corrected chi connectivity index (χ3v) is 5.59. The quantitative estimate of drug-likeness (QED) is 0.501. The molecule has 0 radical (unpaired) electrons. The summed E-state index contributed by atoms with van der Waals surface area (Å²) in [6.07, 6.45) is 2.92. The lowest BCUT2D eigenvalue weighted by Gasteiger charge is -2.16. The van der Waals surface area contributed by atoms with E-state index in [4.69, 9.17) is 4.98 Å². The lowest BCUT2D eigenvalue weighted by atomic mass is 10.3. The zero-order valence-corrected chi connectivity index (χ0v) is 16.0. The highest BCUT2D eigenvalue weighted by Crippen LogP contribution is 2.23. The van der Waals surface area contributed by atoms with Gasteiger partial charge in [-0.15, -0.1) is 11.3 Å². The van der Waals surface area contributed by atoms with E-state index >= 15 is 0 Å². The van der Waals surface area contributed by atoms with E-state index in [1.54, 1.807) is 11.3 Å². The number of nitrogens with one attached hydrogen (secondary N) is 1. The predicted octanol–water partition coefficient (Wildman–Crippen LogP) is 3.13. The van der Waals surface area contributed by atoms with E-state index in [-0.39, 0.29) is 0 Å². The average Bonchev–Trinajstić information content (AvgIpc) is 3.38. The molecule has 0 bridgehead atoms. The molecule has 1 saturated heterocycles. The van der Waals surface area contributed by atoms with Crippen molar-refractivity contribution in [3.63, 3.8) is 0 Å². The van der Waals surface area contributed by atoms with E-state index in [1.165, 1.54) is 4.88 Å². The summed E-state index contributed by atoms with van der Waals surface area (Å²) >= 11 is 6.39. The Balaban J connectivity index is 1.52. The van der Waals surface area contributed by atoms with E-state index < -0.39 is 0 Å². The van der Waals surface area contributed by atoms with Crippen molar-refractivity contribution in [1.29, 1.82) is 0 Å². The molecular weight excluding hydrogens is 364 g/mol. The van der Waals surface area contributed by atoms with Crippen molar-refractivity contribution in [3.05, 3.63) is 40.7 Å². The zero-order chi connectivity index (χ0) is 17.8. The predicted molar refractivity (Wildman–Crippen MR) is 109 cm³/mol. The summed E-state index contributed by atoms with van der Waals surface area (Å²) in [5.41, 5.74) is 1.85. The Morgan fingerprint density at radius 1 is 1.38 bits per heavy atom. The second-order valence-electron chi connectivity index (χ2n) is 6.35. The molecule has 134 valence electrons. The van der Waals surface area contributed by atoms with Gasteiger partial charge in [0.2, 0.25) is 5.95 Å². The molecule has 0 saturated carbocycles. The largest absolute Gasteiger partial charge is 0.352 e. The highest BCUT2D eigenvalue weighted by Gasteiger charge is 2.24. The van der Waals surface area contributed by atoms with Gasteiger partial charge in [-0.25, -0.2) is 15.0 Å². The number of pyridine rings is 1. The summed E-state index contributed by atoms with van der Waals surface area (Å²) in [4.78, 5) is 17.0. The Hall–Kier alpha value is -2.12. The smallest absolute Gasteiger partial charge is 0.205 e. The molecule has 26 heavy (non-hydrogen) atoms. The van der Waals surface area contributed by atoms with E-state index in [0.29, 0.717) is 6.04 Å². The highest BCUT2D eigenvalue weighted by atomic mass is 32.1. The third-order valence-electron chi connectivity index (χ3n) is 4.60. The van der Waals surface area contributed by atoms with Gasteiger partial charge >= 0.3 is 0 Å². The van der Waals surface area contributed by atoms with Crippen LogP contribution in [0, 0.1) is 0 Å². The minimum atomic E-state index is 0.380. The molecule has 1 aliphatic heterocycles. The van der Waals surface area contributed by atoms with Gasteiger partial charge in [0.05, 0.1) is 18.3 Å². The number of aliphatic imine (C=N–C) groups is 1. The van der Waals surface area contributed by atoms with Crippen LogP contribution in [-0.4, -0.2) is 56.8 Å². The molecule has 1 unspecified atom stereocenters. The van der Waals surface area contributed by atoms with Gasteiger partial charge in [0.1, 0.15) is 5.52 Å². The number of rotatable bonds is 7. The number of hydrogen-bond donors (Lipinski definition) is 1. The van der Waals surface area contributed by atoms with Crippen LogP contribution in [0.25, 0.3) is 11.2 Å². The minimum absolute atomic E-state index is 0.380. The molecule has 1 atom stereocenters. The van der Waals surface area contributed by atoms with Crippen molar-refractivity contribution >= 4 is 45.8 Å². The molecule has 8 heteroatoms. The molecule has 6 nitrogen and oxygen atoms in total. The maximum absolute atomic E-state index is 4.79. The molecule has 0 amide bonds. The lowest BCUT2D eigenvalue weighted by molar-refractivity contribution is 0.346. The van der Waals surface area contributed by atoms with Crippen LogP contribution in [0.4, 0.5) is 5.95 Å². The van der Waals surface area contributed by atoms with Gasteiger partial charge in [-0.2, -0.15) is 0 Å². The van der Waals surface area contributed by atoms with Crippen LogP contribution in [0.5, 0.6) is 0 Å². The number of imidazole rings is 1. The Bertz CT molecular complexity index is 913. The van der Waals surface area contributed by atoms with Crippen LogP contribution in [0.15, 0.2) is 40.8 Å². The van der Waals surface area contributed by atoms with Crippen LogP contribution in [0.2, 0.25) is 0 Å². The summed E-state index contributed by atoms with van der Waals surface area (Å²) in [5, 5.41) is 8.18. The monoisotopic (exact) mass is 384 g/mol. The Kier molecular flexibility index (Phi) is 5.36. The third kappa shape index (κ3) is 3.83. The molecular formula is C18H20N6S2. The number of thiophene rings is 1. The molecule has 0 aliphatic carbocycles. The van der Waals surface area contributed by atoms with Crippen molar-refractivity contribution in [1.82, 2.24) is 19.4 Å². The Morgan fingerprint density at radius 3 is 3.19 bits per heavy atom. The van der Waals surface area contributed by atoms with Crippen LogP contribution in [0.3, 0.4) is 0 Å². The normalized spacial score (nSPS) is 17.5. The summed E-state index contributed by atoms with van der Waals surface area (Å²) < 4.78 is 2.18. The fourth-order valence-electron chi connectivity index (χ4n) is 3.35. The first-order chi connectivity index (χ1) is 12.8. The van der Waals surface area contributed by atoms with E-state index in [0.717, 1.165) is 56.3 Å². The van der Waals surface area contributed by atoms with Gasteiger partial charge in [-0.05, 0) is 42.2 Å². The first-order valence-electron chi connectivity index (χ1n) is 8.69. The molecule has 1 aliphatic rings. The van der Waals surface area contributed by atoms with Crippen molar-refractivity contribution < 1.29 is 0 Å². The number of anilines is 1. The summed E-state index contributed by atoms with van der Waals surface area (Å²) in [6, 6.07) is 8.56. The molecule has 0 spiro atoms. The van der Waals surface area contributed by atoms with E-state index in [1.807, 2.05) is 18.3 Å². The van der Waals surface area contributed by atoms with Gasteiger partial charge in [-0.1, -0.05) is 6.07 Å². The summed E-state index contributed by atoms with van der Waals surface area (Å²) in [6.45, 7) is 4.48. The van der Waals surface area contributed by atoms with Crippen LogP contribution < -0.4 is 5.32 Å². The topological polar surface area (TPSA) is 58.3 Å². The second kappa shape index (κ2) is 8.05. The van der Waals surface area contributed by atoms with Gasteiger partial charge in [0.15, 0.2) is 5.65 Å². The molecule has 1 fully saturated rings. The van der Waals surface area contributed by atoms with Gasteiger partial charge in [0, 0.05) is 36.8 Å².